The third-order valence-electron chi connectivity index (χ3n) is 7.56. The van der Waals surface area contributed by atoms with Gasteiger partial charge in [0, 0.05) is 28.9 Å². The zero-order chi connectivity index (χ0) is 26.9. The van der Waals surface area contributed by atoms with Gasteiger partial charge in [0.1, 0.15) is 6.04 Å². The standard InChI is InChI=1S/C28H19Cl2N3O5/c1-14-12-17(33(37)38)7-9-21(14)32-27(35)22-23(28(32)36)25(26(34)19-8-6-16(29)13-20(19)30)31-11-10-15-4-2-3-5-18(15)24(22)31/h2-13,22-25H,1H3/t22-,23+,24-,25+/m0/s1. The Kier molecular flexibility index (Phi) is 5.63. The lowest BCUT2D eigenvalue weighted by Gasteiger charge is -2.35. The summed E-state index contributed by atoms with van der Waals surface area (Å²) in [5.74, 6) is -3.20. The highest BCUT2D eigenvalue weighted by Crippen LogP contribution is 2.54. The van der Waals surface area contributed by atoms with Gasteiger partial charge in [0.15, 0.2) is 5.78 Å². The van der Waals surface area contributed by atoms with E-state index in [9.17, 15) is 24.5 Å². The second kappa shape index (κ2) is 8.79. The van der Waals surface area contributed by atoms with Crippen molar-refractivity contribution in [2.24, 2.45) is 11.8 Å². The molecule has 10 heteroatoms. The summed E-state index contributed by atoms with van der Waals surface area (Å²) in [6.45, 7) is 1.61. The Labute approximate surface area is 227 Å². The molecule has 3 aliphatic heterocycles. The van der Waals surface area contributed by atoms with Gasteiger partial charge in [-0.05, 0) is 54.0 Å². The van der Waals surface area contributed by atoms with Crippen molar-refractivity contribution in [3.8, 4) is 0 Å². The van der Waals surface area contributed by atoms with Crippen molar-refractivity contribution in [3.63, 3.8) is 0 Å². The van der Waals surface area contributed by atoms with Crippen molar-refractivity contribution in [2.75, 3.05) is 4.90 Å². The Morgan fingerprint density at radius 2 is 1.71 bits per heavy atom. The molecule has 0 radical (unpaired) electrons. The molecule has 0 aromatic heterocycles. The number of nitro benzene ring substituents is 1. The van der Waals surface area contributed by atoms with E-state index in [0.29, 0.717) is 10.6 Å². The number of imide groups is 1. The van der Waals surface area contributed by atoms with Crippen LogP contribution in [0, 0.1) is 28.9 Å². The van der Waals surface area contributed by atoms with Crippen LogP contribution in [0.5, 0.6) is 0 Å². The van der Waals surface area contributed by atoms with Crippen molar-refractivity contribution >= 4 is 58.3 Å². The van der Waals surface area contributed by atoms with E-state index in [1.165, 1.54) is 30.3 Å². The van der Waals surface area contributed by atoms with Gasteiger partial charge in [-0.25, -0.2) is 4.90 Å². The fraction of sp³-hybridized carbons (Fsp3) is 0.179. The number of nitrogens with zero attached hydrogens (tertiary/aromatic N) is 3. The Balaban J connectivity index is 1.50. The zero-order valence-corrected chi connectivity index (χ0v) is 21.4. The van der Waals surface area contributed by atoms with Gasteiger partial charge in [-0.3, -0.25) is 24.5 Å². The fourth-order valence-electron chi connectivity index (χ4n) is 5.95. The number of non-ortho nitro benzene ring substituents is 1. The molecule has 8 nitrogen and oxygen atoms in total. The van der Waals surface area contributed by atoms with Crippen molar-refractivity contribution in [2.45, 2.75) is 19.0 Å². The van der Waals surface area contributed by atoms with Crippen LogP contribution in [-0.2, 0) is 9.59 Å². The third kappa shape index (κ3) is 3.48. The van der Waals surface area contributed by atoms with E-state index in [4.69, 9.17) is 23.2 Å². The molecule has 0 saturated carbocycles. The third-order valence-corrected chi connectivity index (χ3v) is 8.11. The second-order valence-corrected chi connectivity index (χ2v) is 10.4. The number of nitro groups is 1. The van der Waals surface area contributed by atoms with E-state index in [1.807, 2.05) is 30.3 Å². The van der Waals surface area contributed by atoms with Gasteiger partial charge in [-0.2, -0.15) is 0 Å². The lowest BCUT2D eigenvalue weighted by molar-refractivity contribution is -0.384. The molecule has 0 unspecified atom stereocenters. The van der Waals surface area contributed by atoms with Gasteiger partial charge in [0.05, 0.1) is 33.5 Å². The molecule has 2 saturated heterocycles. The largest absolute Gasteiger partial charge is 0.358 e. The van der Waals surface area contributed by atoms with Crippen LogP contribution in [0.2, 0.25) is 10.0 Å². The summed E-state index contributed by atoms with van der Waals surface area (Å²) in [4.78, 5) is 55.6. The molecule has 2 fully saturated rings. The number of amides is 2. The highest BCUT2D eigenvalue weighted by Gasteiger charge is 2.64. The zero-order valence-electron chi connectivity index (χ0n) is 19.9. The first-order valence-electron chi connectivity index (χ1n) is 11.9. The number of carbonyl (C=O) groups excluding carboxylic acids is 3. The summed E-state index contributed by atoms with van der Waals surface area (Å²) < 4.78 is 0. The van der Waals surface area contributed by atoms with Gasteiger partial charge in [-0.15, -0.1) is 0 Å². The van der Waals surface area contributed by atoms with Crippen LogP contribution in [0.25, 0.3) is 6.08 Å². The molecule has 3 heterocycles. The number of ketones is 1. The van der Waals surface area contributed by atoms with Gasteiger partial charge in [0.2, 0.25) is 11.8 Å². The Bertz CT molecular complexity index is 1600. The van der Waals surface area contributed by atoms with E-state index < -0.39 is 46.4 Å². The van der Waals surface area contributed by atoms with E-state index in [2.05, 4.69) is 0 Å². The molecular weight excluding hydrogens is 529 g/mol. The maximum absolute atomic E-state index is 14.0. The number of aryl methyl sites for hydroxylation is 1. The van der Waals surface area contributed by atoms with E-state index in [0.717, 1.165) is 16.0 Å². The van der Waals surface area contributed by atoms with Gasteiger partial charge in [-0.1, -0.05) is 47.5 Å². The first kappa shape index (κ1) is 24.3. The number of rotatable bonds is 4. The first-order valence-corrected chi connectivity index (χ1v) is 12.6. The predicted octanol–water partition coefficient (Wildman–Crippen LogP) is 5.61. The Morgan fingerprint density at radius 3 is 2.42 bits per heavy atom. The minimum Gasteiger partial charge on any atom is -0.358 e. The minimum absolute atomic E-state index is 0.145. The van der Waals surface area contributed by atoms with Gasteiger partial charge < -0.3 is 4.90 Å². The Hall–Kier alpha value is -4.01. The molecule has 0 N–H and O–H groups in total. The number of halogens is 2. The molecule has 0 spiro atoms. The topological polar surface area (TPSA) is 101 Å². The number of hydrogen-bond donors (Lipinski definition) is 0. The molecule has 190 valence electrons. The summed E-state index contributed by atoms with van der Waals surface area (Å²) in [5.41, 5.74) is 2.47. The molecule has 3 aliphatic rings. The molecular formula is C28H19Cl2N3O5. The SMILES string of the molecule is Cc1cc([N+](=O)[O-])ccc1N1C(=O)[C@@H]2[C@H](C1=O)[C@@H]1c3ccccc3C=CN1[C@H]2C(=O)c1ccc(Cl)cc1Cl. The Morgan fingerprint density at radius 1 is 0.974 bits per heavy atom. The summed E-state index contributed by atoms with van der Waals surface area (Å²) in [7, 11) is 0. The first-order chi connectivity index (χ1) is 18.2. The summed E-state index contributed by atoms with van der Waals surface area (Å²) >= 11 is 12.4. The van der Waals surface area contributed by atoms with Crippen LogP contribution >= 0.6 is 23.2 Å². The normalized spacial score (nSPS) is 23.3. The van der Waals surface area contributed by atoms with E-state index >= 15 is 0 Å². The number of Topliss-reactive ketones (excluding diaryl/α,β-unsaturated/α-hetero) is 1. The highest BCUT2D eigenvalue weighted by atomic mass is 35.5. The molecule has 3 aromatic carbocycles. The summed E-state index contributed by atoms with van der Waals surface area (Å²) in [5, 5.41) is 11.8. The summed E-state index contributed by atoms with van der Waals surface area (Å²) in [6.07, 6.45) is 3.63. The maximum atomic E-state index is 14.0. The minimum atomic E-state index is -0.993. The molecule has 0 bridgehead atoms. The monoisotopic (exact) mass is 547 g/mol. The number of carbonyl (C=O) groups is 3. The molecule has 2 amide bonds. The molecule has 38 heavy (non-hydrogen) atoms. The van der Waals surface area contributed by atoms with Crippen LogP contribution in [0.1, 0.15) is 33.1 Å². The lowest BCUT2D eigenvalue weighted by Crippen LogP contribution is -2.44. The maximum Gasteiger partial charge on any atom is 0.269 e. The quantitative estimate of drug-likeness (QED) is 0.182. The van der Waals surface area contributed by atoms with Crippen LogP contribution in [0.4, 0.5) is 11.4 Å². The lowest BCUT2D eigenvalue weighted by atomic mass is 9.83. The average Bonchev–Trinajstić information content (AvgIpc) is 3.36. The summed E-state index contributed by atoms with van der Waals surface area (Å²) in [6, 6.07) is 14.6. The number of benzene rings is 3. The second-order valence-electron chi connectivity index (χ2n) is 9.56. The molecule has 0 aliphatic carbocycles. The van der Waals surface area contributed by atoms with Gasteiger partial charge >= 0.3 is 0 Å². The smallest absolute Gasteiger partial charge is 0.269 e. The molecule has 6 rings (SSSR count). The highest BCUT2D eigenvalue weighted by molar-refractivity contribution is 6.37. The van der Waals surface area contributed by atoms with E-state index in [1.54, 1.807) is 24.1 Å². The molecule has 3 aromatic rings. The van der Waals surface area contributed by atoms with Crippen molar-refractivity contribution in [1.82, 2.24) is 4.90 Å². The molecule has 4 atom stereocenters. The van der Waals surface area contributed by atoms with E-state index in [-0.39, 0.29) is 22.0 Å². The average molecular weight is 548 g/mol. The number of hydrogen-bond acceptors (Lipinski definition) is 6. The van der Waals surface area contributed by atoms with Crippen molar-refractivity contribution < 1.29 is 19.3 Å². The van der Waals surface area contributed by atoms with Crippen LogP contribution in [0.15, 0.2) is 66.9 Å². The number of anilines is 1. The van der Waals surface area contributed by atoms with Crippen LogP contribution in [0.3, 0.4) is 0 Å². The van der Waals surface area contributed by atoms with Crippen molar-refractivity contribution in [3.05, 3.63) is 109 Å². The van der Waals surface area contributed by atoms with Gasteiger partial charge in [0.25, 0.3) is 5.69 Å². The number of fused-ring (bicyclic) bond motifs is 5. The van der Waals surface area contributed by atoms with Crippen LogP contribution in [-0.4, -0.2) is 33.5 Å². The predicted molar refractivity (Wildman–Crippen MR) is 142 cm³/mol. The van der Waals surface area contributed by atoms with Crippen LogP contribution < -0.4 is 4.90 Å². The fourth-order valence-corrected chi connectivity index (χ4v) is 6.45. The van der Waals surface area contributed by atoms with Crippen molar-refractivity contribution in [1.29, 1.82) is 0 Å².